The lowest BCUT2D eigenvalue weighted by molar-refractivity contribution is -0.120. The number of nitrogens with one attached hydrogen (secondary N) is 3. The van der Waals surface area contributed by atoms with Gasteiger partial charge in [-0.15, -0.1) is 5.10 Å². The summed E-state index contributed by atoms with van der Waals surface area (Å²) in [6.07, 6.45) is 6.52. The molecular formula is C21H22N10O2. The Bertz CT molecular complexity index is 1330. The molecule has 1 fully saturated rings. The first-order chi connectivity index (χ1) is 15.9. The van der Waals surface area contributed by atoms with E-state index in [1.165, 1.54) is 6.07 Å². The highest BCUT2D eigenvalue weighted by atomic mass is 16.2. The van der Waals surface area contributed by atoms with Crippen molar-refractivity contribution < 1.29 is 9.59 Å². The Balaban J connectivity index is 1.48. The van der Waals surface area contributed by atoms with Crippen LogP contribution in [0.15, 0.2) is 48.9 Å². The van der Waals surface area contributed by atoms with Gasteiger partial charge in [0.2, 0.25) is 11.9 Å². The molecule has 2 amide bonds. The van der Waals surface area contributed by atoms with Gasteiger partial charge in [0.1, 0.15) is 16.7 Å². The molecule has 0 saturated carbocycles. The highest BCUT2D eigenvalue weighted by Crippen LogP contribution is 2.34. The molecule has 0 aromatic carbocycles. The van der Waals surface area contributed by atoms with E-state index in [0.717, 1.165) is 6.42 Å². The van der Waals surface area contributed by atoms with E-state index in [-0.39, 0.29) is 11.6 Å². The maximum absolute atomic E-state index is 13.3. The summed E-state index contributed by atoms with van der Waals surface area (Å²) < 4.78 is 1.68. The number of fused-ring (bicyclic) bond motifs is 1. The zero-order valence-electron chi connectivity index (χ0n) is 17.8. The SMILES string of the molecule is C[C@@]1(C(=O)Nc2cccnc2)CCCN1c1nc(Nc2cc(C(N)=O)[nH]n2)c2cccn2n1. The van der Waals surface area contributed by atoms with E-state index < -0.39 is 11.4 Å². The summed E-state index contributed by atoms with van der Waals surface area (Å²) >= 11 is 0. The second-order valence-corrected chi connectivity index (χ2v) is 7.98. The number of nitrogens with zero attached hydrogens (tertiary/aromatic N) is 6. The standard InChI is InChI=1S/C21H22N10O2/c1-21(19(33)24-13-5-2-8-23-12-13)7-4-9-30(21)20-26-18(15-6-3-10-31(15)29-20)25-16-11-14(17(22)32)27-28-16/h2-3,5-6,8,10-12H,4,7,9H2,1H3,(H2,22,32)(H,24,33)(H2,25,26,27,28,29)/t21-/m0/s1. The van der Waals surface area contributed by atoms with Crippen LogP contribution in [0.1, 0.15) is 30.3 Å². The molecule has 0 unspecified atom stereocenters. The van der Waals surface area contributed by atoms with Crippen molar-refractivity contribution in [3.63, 3.8) is 0 Å². The molecule has 5 N–H and O–H groups in total. The van der Waals surface area contributed by atoms with Crippen molar-refractivity contribution in [1.82, 2.24) is 29.8 Å². The number of hydrogen-bond donors (Lipinski definition) is 4. The van der Waals surface area contributed by atoms with Gasteiger partial charge >= 0.3 is 0 Å². The molecule has 1 atom stereocenters. The maximum Gasteiger partial charge on any atom is 0.266 e. The van der Waals surface area contributed by atoms with Crippen LogP contribution in [-0.2, 0) is 4.79 Å². The average molecular weight is 446 g/mol. The minimum Gasteiger partial charge on any atom is -0.364 e. The number of pyridine rings is 1. The van der Waals surface area contributed by atoms with E-state index in [1.54, 1.807) is 35.2 Å². The van der Waals surface area contributed by atoms with Gasteiger partial charge in [-0.2, -0.15) is 10.1 Å². The molecule has 4 aromatic rings. The molecular weight excluding hydrogens is 424 g/mol. The predicted molar refractivity (Wildman–Crippen MR) is 121 cm³/mol. The predicted octanol–water partition coefficient (Wildman–Crippen LogP) is 1.69. The molecule has 5 heterocycles. The van der Waals surface area contributed by atoms with Crippen LogP contribution >= 0.6 is 0 Å². The zero-order chi connectivity index (χ0) is 23.0. The number of H-pyrrole nitrogens is 1. The summed E-state index contributed by atoms with van der Waals surface area (Å²) in [4.78, 5) is 35.3. The number of aromatic nitrogens is 6. The van der Waals surface area contributed by atoms with Crippen molar-refractivity contribution in [3.8, 4) is 0 Å². The van der Waals surface area contributed by atoms with Crippen LogP contribution in [0.4, 0.5) is 23.3 Å². The van der Waals surface area contributed by atoms with E-state index in [2.05, 4.69) is 30.9 Å². The maximum atomic E-state index is 13.3. The molecule has 5 rings (SSSR count). The van der Waals surface area contributed by atoms with Gasteiger partial charge in [0.05, 0.1) is 11.9 Å². The van der Waals surface area contributed by atoms with Crippen LogP contribution in [0, 0.1) is 0 Å². The highest BCUT2D eigenvalue weighted by Gasteiger charge is 2.45. The lowest BCUT2D eigenvalue weighted by Gasteiger charge is -2.34. The van der Waals surface area contributed by atoms with Crippen LogP contribution in [0.25, 0.3) is 5.52 Å². The number of carbonyl (C=O) groups is 2. The number of nitrogens with two attached hydrogens (primary N) is 1. The molecule has 33 heavy (non-hydrogen) atoms. The third-order valence-corrected chi connectivity index (χ3v) is 5.76. The van der Waals surface area contributed by atoms with Crippen molar-refractivity contribution in [2.45, 2.75) is 25.3 Å². The molecule has 1 aliphatic heterocycles. The fraction of sp³-hybridized carbons (Fsp3) is 0.238. The third-order valence-electron chi connectivity index (χ3n) is 5.76. The topological polar surface area (TPSA) is 159 Å². The summed E-state index contributed by atoms with van der Waals surface area (Å²) in [6, 6.07) is 8.76. The van der Waals surface area contributed by atoms with Crippen LogP contribution in [-0.4, -0.2) is 53.7 Å². The summed E-state index contributed by atoms with van der Waals surface area (Å²) in [6.45, 7) is 2.51. The highest BCUT2D eigenvalue weighted by molar-refractivity contribution is 6.00. The van der Waals surface area contributed by atoms with Crippen molar-refractivity contribution in [2.24, 2.45) is 5.73 Å². The first-order valence-electron chi connectivity index (χ1n) is 10.4. The van der Waals surface area contributed by atoms with Crippen LogP contribution < -0.4 is 21.3 Å². The Hall–Kier alpha value is -4.48. The lowest BCUT2D eigenvalue weighted by atomic mass is 9.98. The Kier molecular flexibility index (Phi) is 4.89. The number of primary amides is 1. The van der Waals surface area contributed by atoms with E-state index in [9.17, 15) is 9.59 Å². The number of carbonyl (C=O) groups excluding carboxylic acids is 2. The molecule has 168 valence electrons. The number of aromatic amines is 1. The smallest absolute Gasteiger partial charge is 0.266 e. The van der Waals surface area contributed by atoms with E-state index >= 15 is 0 Å². The number of amides is 2. The normalized spacial score (nSPS) is 17.9. The van der Waals surface area contributed by atoms with Gasteiger partial charge in [-0.1, -0.05) is 0 Å². The Morgan fingerprint density at radius 1 is 1.27 bits per heavy atom. The summed E-state index contributed by atoms with van der Waals surface area (Å²) in [5.41, 5.74) is 5.97. The van der Waals surface area contributed by atoms with Gasteiger partial charge in [0, 0.05) is 25.0 Å². The number of anilines is 4. The van der Waals surface area contributed by atoms with Gasteiger partial charge in [-0.05, 0) is 44.0 Å². The zero-order valence-corrected chi connectivity index (χ0v) is 17.8. The molecule has 0 aliphatic carbocycles. The Labute approximate surface area is 188 Å². The van der Waals surface area contributed by atoms with E-state index in [1.807, 2.05) is 24.0 Å². The average Bonchev–Trinajstić information content (AvgIpc) is 3.54. The number of rotatable bonds is 6. The van der Waals surface area contributed by atoms with Gasteiger partial charge < -0.3 is 21.3 Å². The van der Waals surface area contributed by atoms with Crippen molar-refractivity contribution in [3.05, 3.63) is 54.6 Å². The largest absolute Gasteiger partial charge is 0.364 e. The van der Waals surface area contributed by atoms with E-state index in [4.69, 9.17) is 10.7 Å². The summed E-state index contributed by atoms with van der Waals surface area (Å²) in [5, 5.41) is 17.3. The molecule has 12 nitrogen and oxygen atoms in total. The molecule has 12 heteroatoms. The van der Waals surface area contributed by atoms with Crippen LogP contribution in [0.3, 0.4) is 0 Å². The summed E-state index contributed by atoms with van der Waals surface area (Å²) in [7, 11) is 0. The molecule has 0 spiro atoms. The fourth-order valence-electron chi connectivity index (χ4n) is 3.98. The number of hydrogen-bond acceptors (Lipinski definition) is 8. The molecule has 4 aromatic heterocycles. The first kappa shape index (κ1) is 20.4. The fourth-order valence-corrected chi connectivity index (χ4v) is 3.98. The first-order valence-corrected chi connectivity index (χ1v) is 10.4. The summed E-state index contributed by atoms with van der Waals surface area (Å²) in [5.74, 6) is 0.494. The second-order valence-electron chi connectivity index (χ2n) is 7.98. The monoisotopic (exact) mass is 446 g/mol. The molecule has 1 aliphatic rings. The minimum absolute atomic E-state index is 0.155. The third kappa shape index (κ3) is 3.71. The quantitative estimate of drug-likeness (QED) is 0.348. The van der Waals surface area contributed by atoms with E-state index in [0.29, 0.717) is 41.8 Å². The van der Waals surface area contributed by atoms with Crippen molar-refractivity contribution in [1.29, 1.82) is 0 Å². The molecule has 0 bridgehead atoms. The Morgan fingerprint density at radius 2 is 2.15 bits per heavy atom. The molecule has 1 saturated heterocycles. The van der Waals surface area contributed by atoms with Gasteiger partial charge in [0.25, 0.3) is 5.91 Å². The van der Waals surface area contributed by atoms with Crippen LogP contribution in [0.2, 0.25) is 0 Å². The van der Waals surface area contributed by atoms with Crippen molar-refractivity contribution in [2.75, 3.05) is 22.1 Å². The lowest BCUT2D eigenvalue weighted by Crippen LogP contribution is -2.51. The van der Waals surface area contributed by atoms with Gasteiger partial charge in [0.15, 0.2) is 11.6 Å². The van der Waals surface area contributed by atoms with Gasteiger partial charge in [-0.3, -0.25) is 19.7 Å². The minimum atomic E-state index is -0.848. The Morgan fingerprint density at radius 3 is 2.91 bits per heavy atom. The molecule has 0 radical (unpaired) electrons. The second kappa shape index (κ2) is 7.89. The van der Waals surface area contributed by atoms with Crippen molar-refractivity contribution >= 4 is 40.6 Å². The van der Waals surface area contributed by atoms with Crippen LogP contribution in [0.5, 0.6) is 0 Å². The van der Waals surface area contributed by atoms with Gasteiger partial charge in [-0.25, -0.2) is 4.52 Å².